The SMILES string of the molecule is O=C(NC1(C(=O)O)CCCC1)c1cc(F)c2ccccc2c1O. The minimum atomic E-state index is -1.34. The fraction of sp³-hybridized carbons (Fsp3) is 0.294. The lowest BCUT2D eigenvalue weighted by atomic mass is 9.96. The summed E-state index contributed by atoms with van der Waals surface area (Å²) in [5.74, 6) is -2.88. The number of aromatic hydroxyl groups is 1. The molecule has 3 rings (SSSR count). The highest BCUT2D eigenvalue weighted by Gasteiger charge is 2.43. The predicted octanol–water partition coefficient (Wildman–Crippen LogP) is 2.81. The van der Waals surface area contributed by atoms with E-state index in [1.165, 1.54) is 12.1 Å². The van der Waals surface area contributed by atoms with Gasteiger partial charge < -0.3 is 15.5 Å². The van der Waals surface area contributed by atoms with Crippen LogP contribution in [-0.2, 0) is 4.79 Å². The van der Waals surface area contributed by atoms with Crippen molar-refractivity contribution in [2.45, 2.75) is 31.2 Å². The maximum absolute atomic E-state index is 14.1. The number of hydrogen-bond donors (Lipinski definition) is 3. The molecule has 2 aromatic carbocycles. The van der Waals surface area contributed by atoms with E-state index in [1.54, 1.807) is 12.1 Å². The van der Waals surface area contributed by atoms with Gasteiger partial charge in [0.25, 0.3) is 5.91 Å². The fourth-order valence-electron chi connectivity index (χ4n) is 3.14. The van der Waals surface area contributed by atoms with Crippen LogP contribution in [0.4, 0.5) is 4.39 Å². The van der Waals surface area contributed by atoms with Crippen LogP contribution in [0.1, 0.15) is 36.0 Å². The molecule has 23 heavy (non-hydrogen) atoms. The Morgan fingerprint density at radius 2 is 1.74 bits per heavy atom. The van der Waals surface area contributed by atoms with Crippen LogP contribution in [0.25, 0.3) is 10.8 Å². The molecule has 1 amide bonds. The van der Waals surface area contributed by atoms with Gasteiger partial charge in [0.05, 0.1) is 5.56 Å². The molecular formula is C17H16FNO4. The van der Waals surface area contributed by atoms with E-state index in [-0.39, 0.29) is 22.1 Å². The molecule has 0 aliphatic heterocycles. The highest BCUT2D eigenvalue weighted by Crippen LogP contribution is 2.33. The fourth-order valence-corrected chi connectivity index (χ4v) is 3.14. The number of rotatable bonds is 3. The number of fused-ring (bicyclic) bond motifs is 1. The third-order valence-corrected chi connectivity index (χ3v) is 4.43. The molecule has 0 aromatic heterocycles. The molecule has 0 spiro atoms. The smallest absolute Gasteiger partial charge is 0.329 e. The molecule has 1 fully saturated rings. The number of amides is 1. The van der Waals surface area contributed by atoms with Crippen LogP contribution in [0, 0.1) is 5.82 Å². The molecule has 0 radical (unpaired) electrons. The second-order valence-corrected chi connectivity index (χ2v) is 5.85. The Kier molecular flexibility index (Phi) is 3.67. The van der Waals surface area contributed by atoms with E-state index in [2.05, 4.69) is 5.32 Å². The molecule has 2 aromatic rings. The van der Waals surface area contributed by atoms with Gasteiger partial charge in [-0.05, 0) is 18.9 Å². The number of aliphatic carboxylic acids is 1. The highest BCUT2D eigenvalue weighted by molar-refractivity contribution is 6.05. The van der Waals surface area contributed by atoms with Crippen molar-refractivity contribution in [3.05, 3.63) is 41.7 Å². The lowest BCUT2D eigenvalue weighted by molar-refractivity contribution is -0.144. The second-order valence-electron chi connectivity index (χ2n) is 5.85. The Hall–Kier alpha value is -2.63. The quantitative estimate of drug-likeness (QED) is 0.812. The van der Waals surface area contributed by atoms with Crippen LogP contribution in [0.3, 0.4) is 0 Å². The number of phenols is 1. The van der Waals surface area contributed by atoms with Crippen LogP contribution >= 0.6 is 0 Å². The van der Waals surface area contributed by atoms with Crippen molar-refractivity contribution in [3.8, 4) is 5.75 Å². The second kappa shape index (κ2) is 5.53. The van der Waals surface area contributed by atoms with Crippen molar-refractivity contribution < 1.29 is 24.2 Å². The molecule has 0 heterocycles. The van der Waals surface area contributed by atoms with E-state index in [9.17, 15) is 24.2 Å². The van der Waals surface area contributed by atoms with Gasteiger partial charge in [0.15, 0.2) is 0 Å². The molecule has 0 bridgehead atoms. The number of carbonyl (C=O) groups excluding carboxylic acids is 1. The topological polar surface area (TPSA) is 86.6 Å². The monoisotopic (exact) mass is 317 g/mol. The van der Waals surface area contributed by atoms with Crippen molar-refractivity contribution in [1.82, 2.24) is 5.32 Å². The zero-order valence-electron chi connectivity index (χ0n) is 12.3. The van der Waals surface area contributed by atoms with Gasteiger partial charge in [-0.3, -0.25) is 4.79 Å². The maximum Gasteiger partial charge on any atom is 0.329 e. The van der Waals surface area contributed by atoms with E-state index in [0.29, 0.717) is 25.7 Å². The van der Waals surface area contributed by atoms with E-state index >= 15 is 0 Å². The largest absolute Gasteiger partial charge is 0.506 e. The summed E-state index contributed by atoms with van der Waals surface area (Å²) in [6, 6.07) is 7.20. The van der Waals surface area contributed by atoms with E-state index in [1.807, 2.05) is 0 Å². The van der Waals surface area contributed by atoms with Crippen LogP contribution in [0.2, 0.25) is 0 Å². The Morgan fingerprint density at radius 3 is 2.35 bits per heavy atom. The van der Waals surface area contributed by atoms with Gasteiger partial charge in [-0.2, -0.15) is 0 Å². The van der Waals surface area contributed by atoms with Crippen molar-refractivity contribution in [2.75, 3.05) is 0 Å². The first-order valence-corrected chi connectivity index (χ1v) is 7.41. The summed E-state index contributed by atoms with van der Waals surface area (Å²) >= 11 is 0. The third-order valence-electron chi connectivity index (χ3n) is 4.43. The number of benzene rings is 2. The Bertz CT molecular complexity index is 797. The summed E-state index contributed by atoms with van der Waals surface area (Å²) in [5.41, 5.74) is -1.60. The van der Waals surface area contributed by atoms with Gasteiger partial charge in [0.2, 0.25) is 0 Å². The van der Waals surface area contributed by atoms with Gasteiger partial charge in [0.1, 0.15) is 17.1 Å². The van der Waals surface area contributed by atoms with E-state index in [0.717, 1.165) is 6.07 Å². The molecule has 1 aliphatic carbocycles. The predicted molar refractivity (Wildman–Crippen MR) is 81.9 cm³/mol. The number of nitrogens with one attached hydrogen (secondary N) is 1. The molecule has 0 unspecified atom stereocenters. The van der Waals surface area contributed by atoms with Crippen LogP contribution in [0.15, 0.2) is 30.3 Å². The number of carboxylic acid groups (broad SMARTS) is 1. The molecule has 1 aliphatic rings. The number of carbonyl (C=O) groups is 2. The first kappa shape index (κ1) is 15.3. The Balaban J connectivity index is 2.01. The Morgan fingerprint density at radius 1 is 1.13 bits per heavy atom. The first-order chi connectivity index (χ1) is 10.9. The van der Waals surface area contributed by atoms with E-state index < -0.39 is 23.2 Å². The van der Waals surface area contributed by atoms with E-state index in [4.69, 9.17) is 0 Å². The number of carboxylic acids is 1. The van der Waals surface area contributed by atoms with Gasteiger partial charge in [-0.1, -0.05) is 37.1 Å². The summed E-state index contributed by atoms with van der Waals surface area (Å²) in [7, 11) is 0. The molecular weight excluding hydrogens is 301 g/mol. The van der Waals surface area contributed by atoms with Crippen molar-refractivity contribution in [2.24, 2.45) is 0 Å². The Labute approximate surface area is 131 Å². The number of phenolic OH excluding ortho intramolecular Hbond substituents is 1. The van der Waals surface area contributed by atoms with Gasteiger partial charge in [-0.25, -0.2) is 9.18 Å². The zero-order chi connectivity index (χ0) is 16.6. The molecule has 0 saturated heterocycles. The summed E-state index contributed by atoms with van der Waals surface area (Å²) in [4.78, 5) is 23.9. The first-order valence-electron chi connectivity index (χ1n) is 7.41. The summed E-state index contributed by atoms with van der Waals surface area (Å²) in [5, 5.41) is 22.6. The normalized spacial score (nSPS) is 16.4. The average Bonchev–Trinajstić information content (AvgIpc) is 3.00. The molecule has 6 heteroatoms. The van der Waals surface area contributed by atoms with Crippen molar-refractivity contribution in [1.29, 1.82) is 0 Å². The molecule has 0 atom stereocenters. The zero-order valence-corrected chi connectivity index (χ0v) is 12.3. The van der Waals surface area contributed by atoms with Crippen molar-refractivity contribution in [3.63, 3.8) is 0 Å². The molecule has 3 N–H and O–H groups in total. The maximum atomic E-state index is 14.1. The lowest BCUT2D eigenvalue weighted by Gasteiger charge is -2.25. The third kappa shape index (κ3) is 2.50. The molecule has 1 saturated carbocycles. The van der Waals surface area contributed by atoms with Crippen LogP contribution in [0.5, 0.6) is 5.75 Å². The van der Waals surface area contributed by atoms with Gasteiger partial charge in [-0.15, -0.1) is 0 Å². The van der Waals surface area contributed by atoms with Crippen LogP contribution < -0.4 is 5.32 Å². The molecule has 120 valence electrons. The minimum absolute atomic E-state index is 0.204. The summed E-state index contributed by atoms with van der Waals surface area (Å²) in [6.07, 6.45) is 2.05. The average molecular weight is 317 g/mol. The van der Waals surface area contributed by atoms with Crippen LogP contribution in [-0.4, -0.2) is 27.6 Å². The standard InChI is InChI=1S/C17H16FNO4/c18-13-9-12(14(20)11-6-2-1-5-10(11)13)15(21)19-17(16(22)23)7-3-4-8-17/h1-2,5-6,9,20H,3-4,7-8H2,(H,19,21)(H,22,23). The number of hydrogen-bond acceptors (Lipinski definition) is 3. The van der Waals surface area contributed by atoms with Crippen molar-refractivity contribution >= 4 is 22.6 Å². The highest BCUT2D eigenvalue weighted by atomic mass is 19.1. The summed E-state index contributed by atoms with van der Waals surface area (Å²) < 4.78 is 14.1. The summed E-state index contributed by atoms with van der Waals surface area (Å²) in [6.45, 7) is 0. The number of halogens is 1. The minimum Gasteiger partial charge on any atom is -0.506 e. The lowest BCUT2D eigenvalue weighted by Crippen LogP contribution is -2.52. The van der Waals surface area contributed by atoms with Gasteiger partial charge in [0, 0.05) is 10.8 Å². The molecule has 5 nitrogen and oxygen atoms in total. The van der Waals surface area contributed by atoms with Gasteiger partial charge >= 0.3 is 5.97 Å².